The van der Waals surface area contributed by atoms with Crippen molar-refractivity contribution >= 4 is 11.6 Å². The molecule has 0 aliphatic rings. The first-order valence-corrected chi connectivity index (χ1v) is 3.67. The van der Waals surface area contributed by atoms with Gasteiger partial charge in [-0.3, -0.25) is 0 Å². The normalized spacial score (nSPS) is 10.8. The summed E-state index contributed by atoms with van der Waals surface area (Å²) in [7, 11) is 1.42. The summed E-state index contributed by atoms with van der Waals surface area (Å²) in [5.41, 5.74) is 0.271. The van der Waals surface area contributed by atoms with Gasteiger partial charge >= 0.3 is 0 Å². The van der Waals surface area contributed by atoms with Crippen LogP contribution in [0, 0.1) is 5.95 Å². The lowest BCUT2D eigenvalue weighted by Gasteiger charge is -2.07. The zero-order chi connectivity index (χ0) is 9.14. The highest BCUT2D eigenvalue weighted by atomic mass is 35.5. The maximum absolute atomic E-state index is 12.8. The van der Waals surface area contributed by atoms with Crippen molar-refractivity contribution in [2.75, 3.05) is 7.05 Å². The van der Waals surface area contributed by atoms with Crippen LogP contribution in [0.4, 0.5) is 4.39 Å². The minimum absolute atomic E-state index is 0.0688. The van der Waals surface area contributed by atoms with Gasteiger partial charge in [0.1, 0.15) is 0 Å². The molecule has 66 valence electrons. The van der Waals surface area contributed by atoms with Gasteiger partial charge in [-0.05, 0) is 6.07 Å². The lowest BCUT2D eigenvalue weighted by Crippen LogP contribution is -2.13. The van der Waals surface area contributed by atoms with Gasteiger partial charge in [-0.1, -0.05) is 11.6 Å². The van der Waals surface area contributed by atoms with Crippen LogP contribution in [0.15, 0.2) is 12.3 Å². The summed E-state index contributed by atoms with van der Waals surface area (Å²) >= 11 is 5.57. The van der Waals surface area contributed by atoms with Gasteiger partial charge in [0.05, 0.1) is 11.6 Å². The second-order valence-electron chi connectivity index (χ2n) is 2.42. The molecule has 0 bridgehead atoms. The Labute approximate surface area is 74.4 Å². The third-order valence-corrected chi connectivity index (χ3v) is 1.48. The van der Waals surface area contributed by atoms with E-state index in [1.807, 2.05) is 0 Å². The van der Waals surface area contributed by atoms with E-state index < -0.39 is 5.95 Å². The summed E-state index contributed by atoms with van der Waals surface area (Å²) in [6, 6.07) is 1.43. The van der Waals surface area contributed by atoms with Crippen LogP contribution < -0.4 is 0 Å². The molecule has 0 saturated heterocycles. The Kier molecular flexibility index (Phi) is 2.97. The van der Waals surface area contributed by atoms with E-state index in [0.29, 0.717) is 5.02 Å². The maximum Gasteiger partial charge on any atom is 0.217 e. The summed E-state index contributed by atoms with van der Waals surface area (Å²) in [6.07, 6.45) is 1.22. The van der Waals surface area contributed by atoms with Gasteiger partial charge in [-0.2, -0.15) is 9.45 Å². The highest BCUT2D eigenvalue weighted by Crippen LogP contribution is 2.12. The van der Waals surface area contributed by atoms with Gasteiger partial charge < -0.3 is 5.21 Å². The Morgan fingerprint density at radius 3 is 3.00 bits per heavy atom. The van der Waals surface area contributed by atoms with E-state index >= 15 is 0 Å². The first-order chi connectivity index (χ1) is 5.59. The number of hydrogen-bond donors (Lipinski definition) is 1. The average molecular weight is 191 g/mol. The van der Waals surface area contributed by atoms with Crippen molar-refractivity contribution in [2.24, 2.45) is 0 Å². The fourth-order valence-electron chi connectivity index (χ4n) is 0.822. The highest BCUT2D eigenvalue weighted by Gasteiger charge is 2.05. The Bertz CT molecular complexity index is 280. The molecule has 0 amide bonds. The monoisotopic (exact) mass is 190 g/mol. The molecule has 0 aromatic carbocycles. The molecule has 0 radical (unpaired) electrons. The maximum atomic E-state index is 12.8. The molecule has 0 saturated carbocycles. The summed E-state index contributed by atoms with van der Waals surface area (Å²) in [5.74, 6) is -0.611. The molecule has 1 heterocycles. The second-order valence-corrected chi connectivity index (χ2v) is 2.86. The van der Waals surface area contributed by atoms with Crippen LogP contribution in [0.2, 0.25) is 5.02 Å². The number of rotatable bonds is 2. The van der Waals surface area contributed by atoms with Gasteiger partial charge in [0.15, 0.2) is 0 Å². The Morgan fingerprint density at radius 2 is 2.42 bits per heavy atom. The smallest absolute Gasteiger partial charge is 0.217 e. The molecular weight excluding hydrogens is 183 g/mol. The lowest BCUT2D eigenvalue weighted by atomic mass is 10.3. The topological polar surface area (TPSA) is 36.4 Å². The van der Waals surface area contributed by atoms with Crippen LogP contribution in [0.25, 0.3) is 0 Å². The number of aromatic nitrogens is 1. The van der Waals surface area contributed by atoms with E-state index in [0.717, 1.165) is 5.06 Å². The van der Waals surface area contributed by atoms with Crippen LogP contribution in [0.3, 0.4) is 0 Å². The SMILES string of the molecule is CN(O)Cc1cc(Cl)cnc1F. The summed E-state index contributed by atoms with van der Waals surface area (Å²) in [4.78, 5) is 3.40. The van der Waals surface area contributed by atoms with Gasteiger partial charge in [-0.25, -0.2) is 4.98 Å². The van der Waals surface area contributed by atoms with Crippen LogP contribution in [-0.4, -0.2) is 22.3 Å². The third kappa shape index (κ3) is 2.41. The number of hydrogen-bond acceptors (Lipinski definition) is 3. The van der Waals surface area contributed by atoms with Gasteiger partial charge in [-0.15, -0.1) is 0 Å². The first kappa shape index (κ1) is 9.38. The van der Waals surface area contributed by atoms with Crippen LogP contribution in [0.1, 0.15) is 5.56 Å². The zero-order valence-electron chi connectivity index (χ0n) is 6.46. The fourth-order valence-corrected chi connectivity index (χ4v) is 1.00. The zero-order valence-corrected chi connectivity index (χ0v) is 7.22. The lowest BCUT2D eigenvalue weighted by molar-refractivity contribution is -0.0739. The summed E-state index contributed by atoms with van der Waals surface area (Å²) < 4.78 is 12.8. The van der Waals surface area contributed by atoms with Crippen LogP contribution >= 0.6 is 11.6 Å². The van der Waals surface area contributed by atoms with Gasteiger partial charge in [0.25, 0.3) is 0 Å². The van der Waals surface area contributed by atoms with E-state index in [-0.39, 0.29) is 12.1 Å². The molecule has 0 unspecified atom stereocenters. The van der Waals surface area contributed by atoms with Crippen molar-refractivity contribution < 1.29 is 9.60 Å². The van der Waals surface area contributed by atoms with Crippen molar-refractivity contribution in [1.82, 2.24) is 10.0 Å². The summed E-state index contributed by atoms with van der Waals surface area (Å²) in [6.45, 7) is 0.0688. The van der Waals surface area contributed by atoms with Crippen LogP contribution in [0.5, 0.6) is 0 Å². The molecule has 0 atom stereocenters. The van der Waals surface area contributed by atoms with E-state index in [4.69, 9.17) is 16.8 Å². The highest BCUT2D eigenvalue weighted by molar-refractivity contribution is 6.30. The largest absolute Gasteiger partial charge is 0.314 e. The Hall–Kier alpha value is -0.710. The fraction of sp³-hybridized carbons (Fsp3) is 0.286. The molecule has 0 spiro atoms. The van der Waals surface area contributed by atoms with E-state index in [1.54, 1.807) is 0 Å². The molecule has 1 rings (SSSR count). The third-order valence-electron chi connectivity index (χ3n) is 1.28. The minimum atomic E-state index is -0.611. The summed E-state index contributed by atoms with van der Waals surface area (Å²) in [5, 5.41) is 10.0. The number of pyridine rings is 1. The second kappa shape index (κ2) is 3.80. The molecule has 0 aliphatic heterocycles. The quantitative estimate of drug-likeness (QED) is 0.570. The molecule has 5 heteroatoms. The van der Waals surface area contributed by atoms with Crippen molar-refractivity contribution in [3.63, 3.8) is 0 Å². The predicted octanol–water partition coefficient (Wildman–Crippen LogP) is 1.70. The standard InChI is InChI=1S/C7H8ClFN2O/c1-11(12)4-5-2-6(8)3-10-7(5)9/h2-3,12H,4H2,1H3. The minimum Gasteiger partial charge on any atom is -0.314 e. The molecule has 3 nitrogen and oxygen atoms in total. The van der Waals surface area contributed by atoms with Crippen molar-refractivity contribution in [3.05, 3.63) is 28.8 Å². The van der Waals surface area contributed by atoms with E-state index in [9.17, 15) is 4.39 Å². The van der Waals surface area contributed by atoms with Crippen LogP contribution in [-0.2, 0) is 6.54 Å². The Morgan fingerprint density at radius 1 is 1.75 bits per heavy atom. The molecule has 0 aliphatic carbocycles. The molecule has 0 fully saturated rings. The Balaban J connectivity index is 2.90. The first-order valence-electron chi connectivity index (χ1n) is 3.29. The van der Waals surface area contributed by atoms with Crippen molar-refractivity contribution in [1.29, 1.82) is 0 Å². The van der Waals surface area contributed by atoms with E-state index in [2.05, 4.69) is 4.98 Å². The van der Waals surface area contributed by atoms with Gasteiger partial charge in [0.2, 0.25) is 5.95 Å². The molecule has 1 aromatic rings. The number of halogens is 2. The predicted molar refractivity (Wildman–Crippen MR) is 42.5 cm³/mol. The van der Waals surface area contributed by atoms with Crippen molar-refractivity contribution in [3.8, 4) is 0 Å². The average Bonchev–Trinajstić information content (AvgIpc) is 1.96. The molecule has 12 heavy (non-hydrogen) atoms. The molecule has 1 N–H and O–H groups in total. The molecular formula is C7H8ClFN2O. The number of hydroxylamine groups is 2. The van der Waals surface area contributed by atoms with Crippen molar-refractivity contribution in [2.45, 2.75) is 6.54 Å². The van der Waals surface area contributed by atoms with Gasteiger partial charge in [0, 0.05) is 18.8 Å². The number of nitrogens with zero attached hydrogens (tertiary/aromatic N) is 2. The van der Waals surface area contributed by atoms with E-state index in [1.165, 1.54) is 19.3 Å². The molecule has 1 aromatic heterocycles.